The summed E-state index contributed by atoms with van der Waals surface area (Å²) >= 11 is 2.97. The molecule has 0 aliphatic carbocycles. The second-order valence-electron chi connectivity index (χ2n) is 6.18. The molecule has 0 saturated carbocycles. The molecule has 1 aliphatic rings. The van der Waals surface area contributed by atoms with E-state index in [1.165, 1.54) is 22.7 Å². The Balaban J connectivity index is 1.60. The van der Waals surface area contributed by atoms with Gasteiger partial charge in [0, 0.05) is 28.8 Å². The maximum Gasteiger partial charge on any atom is 0.340 e. The van der Waals surface area contributed by atoms with Crippen LogP contribution in [0.2, 0.25) is 0 Å². The van der Waals surface area contributed by atoms with Gasteiger partial charge in [-0.25, -0.2) is 4.79 Å². The lowest BCUT2D eigenvalue weighted by molar-refractivity contribution is -0.148. The van der Waals surface area contributed by atoms with E-state index in [-0.39, 0.29) is 24.3 Å². The number of carbonyl (C=O) groups is 3. The quantitative estimate of drug-likeness (QED) is 0.592. The molecule has 2 aromatic rings. The molecule has 0 bridgehead atoms. The van der Waals surface area contributed by atoms with Crippen molar-refractivity contribution in [1.29, 1.82) is 0 Å². The first kappa shape index (κ1) is 19.3. The van der Waals surface area contributed by atoms with Crippen LogP contribution < -0.4 is 5.73 Å². The first-order valence-corrected chi connectivity index (χ1v) is 10.3. The van der Waals surface area contributed by atoms with Crippen LogP contribution in [0, 0.1) is 5.92 Å². The summed E-state index contributed by atoms with van der Waals surface area (Å²) in [5, 5.41) is 3.82. The maximum absolute atomic E-state index is 12.6. The zero-order chi connectivity index (χ0) is 19.2. The lowest BCUT2D eigenvalue weighted by atomic mass is 9.96. The highest BCUT2D eigenvalue weighted by atomic mass is 32.1. The van der Waals surface area contributed by atoms with Crippen LogP contribution in [-0.2, 0) is 19.1 Å². The number of nitrogens with two attached hydrogens (primary N) is 1. The summed E-state index contributed by atoms with van der Waals surface area (Å²) in [6.07, 6.45) is 2.88. The lowest BCUT2D eigenvalue weighted by Gasteiger charge is -2.30. The largest absolute Gasteiger partial charge is 0.452 e. The van der Waals surface area contributed by atoms with E-state index in [0.29, 0.717) is 31.5 Å². The average molecular weight is 405 g/mol. The number of rotatable bonds is 6. The van der Waals surface area contributed by atoms with Gasteiger partial charge in [-0.3, -0.25) is 9.59 Å². The summed E-state index contributed by atoms with van der Waals surface area (Å²) in [6, 6.07) is 7.54. The monoisotopic (exact) mass is 404 g/mol. The van der Waals surface area contributed by atoms with Crippen molar-refractivity contribution in [3.63, 3.8) is 0 Å². The molecule has 0 atom stereocenters. The lowest BCUT2D eigenvalue weighted by Crippen LogP contribution is -2.43. The Kier molecular flexibility index (Phi) is 6.41. The average Bonchev–Trinajstić information content (AvgIpc) is 3.37. The van der Waals surface area contributed by atoms with Crippen molar-refractivity contribution in [3.05, 3.63) is 44.8 Å². The van der Waals surface area contributed by atoms with Gasteiger partial charge >= 0.3 is 5.97 Å². The number of ether oxygens (including phenoxy) is 1. The predicted octanol–water partition coefficient (Wildman–Crippen LogP) is 2.62. The Morgan fingerprint density at radius 2 is 1.85 bits per heavy atom. The van der Waals surface area contributed by atoms with Crippen LogP contribution in [0.1, 0.15) is 22.6 Å². The number of hydrogen-bond acceptors (Lipinski definition) is 6. The number of likely N-dealkylation sites (tertiary alicyclic amines) is 1. The number of primary amides is 1. The van der Waals surface area contributed by atoms with Gasteiger partial charge in [0.05, 0.1) is 5.57 Å². The summed E-state index contributed by atoms with van der Waals surface area (Å²) in [6.45, 7) is 0.590. The van der Waals surface area contributed by atoms with E-state index >= 15 is 0 Å². The van der Waals surface area contributed by atoms with Gasteiger partial charge in [-0.2, -0.15) is 0 Å². The fourth-order valence-corrected chi connectivity index (χ4v) is 4.28. The van der Waals surface area contributed by atoms with Crippen molar-refractivity contribution in [1.82, 2.24) is 4.90 Å². The Morgan fingerprint density at radius 3 is 2.44 bits per heavy atom. The molecule has 27 heavy (non-hydrogen) atoms. The van der Waals surface area contributed by atoms with Gasteiger partial charge in [0.1, 0.15) is 0 Å². The fourth-order valence-electron chi connectivity index (χ4n) is 2.89. The number of hydrogen-bond donors (Lipinski definition) is 1. The van der Waals surface area contributed by atoms with E-state index in [4.69, 9.17) is 10.5 Å². The van der Waals surface area contributed by atoms with E-state index in [2.05, 4.69) is 0 Å². The highest BCUT2D eigenvalue weighted by Crippen LogP contribution is 2.26. The SMILES string of the molecule is NC(=O)C1CCN(C(=O)COC(=O)/C(=C/c2cccs2)c2cccs2)CC1. The van der Waals surface area contributed by atoms with Crippen molar-refractivity contribution >= 4 is 52.1 Å². The maximum atomic E-state index is 12.6. The zero-order valence-corrected chi connectivity index (χ0v) is 16.3. The normalized spacial score (nSPS) is 15.6. The molecular formula is C19H20N2O4S2. The molecule has 1 saturated heterocycles. The number of carbonyl (C=O) groups excluding carboxylic acids is 3. The fraction of sp³-hybridized carbons (Fsp3) is 0.316. The molecule has 3 rings (SSSR count). The number of nitrogens with zero attached hydrogens (tertiary/aromatic N) is 1. The highest BCUT2D eigenvalue weighted by Gasteiger charge is 2.26. The molecule has 142 valence electrons. The smallest absolute Gasteiger partial charge is 0.340 e. The van der Waals surface area contributed by atoms with Gasteiger partial charge in [-0.1, -0.05) is 12.1 Å². The number of amides is 2. The van der Waals surface area contributed by atoms with Gasteiger partial charge in [0.25, 0.3) is 5.91 Å². The second kappa shape index (κ2) is 8.96. The van der Waals surface area contributed by atoms with Crippen LogP contribution in [0.3, 0.4) is 0 Å². The standard InChI is InChI=1S/C19H20N2O4S2/c20-18(23)13-5-7-21(8-6-13)17(22)12-25-19(24)15(16-4-2-10-27-16)11-14-3-1-9-26-14/h1-4,9-11,13H,5-8,12H2,(H2,20,23)/b15-11+. The van der Waals surface area contributed by atoms with Crippen LogP contribution in [-0.4, -0.2) is 42.4 Å². The van der Waals surface area contributed by atoms with E-state index in [0.717, 1.165) is 9.75 Å². The van der Waals surface area contributed by atoms with Crippen LogP contribution in [0.4, 0.5) is 0 Å². The minimum absolute atomic E-state index is 0.184. The van der Waals surface area contributed by atoms with E-state index in [1.54, 1.807) is 11.0 Å². The van der Waals surface area contributed by atoms with Crippen molar-refractivity contribution < 1.29 is 19.1 Å². The first-order valence-electron chi connectivity index (χ1n) is 8.58. The topological polar surface area (TPSA) is 89.7 Å². The molecule has 2 aromatic heterocycles. The van der Waals surface area contributed by atoms with Crippen molar-refractivity contribution in [2.45, 2.75) is 12.8 Å². The van der Waals surface area contributed by atoms with Gasteiger partial charge in [-0.15, -0.1) is 22.7 Å². The molecule has 2 amide bonds. The molecule has 1 aliphatic heterocycles. The minimum atomic E-state index is -0.522. The molecule has 6 nitrogen and oxygen atoms in total. The Bertz CT molecular complexity index is 820. The van der Waals surface area contributed by atoms with Gasteiger partial charge < -0.3 is 15.4 Å². The first-order chi connectivity index (χ1) is 13.0. The summed E-state index contributed by atoms with van der Waals surface area (Å²) in [5.74, 6) is -1.29. The Morgan fingerprint density at radius 1 is 1.15 bits per heavy atom. The summed E-state index contributed by atoms with van der Waals surface area (Å²) in [7, 11) is 0. The van der Waals surface area contributed by atoms with Crippen LogP contribution in [0.5, 0.6) is 0 Å². The summed E-state index contributed by atoms with van der Waals surface area (Å²) in [4.78, 5) is 39.5. The van der Waals surface area contributed by atoms with Crippen molar-refractivity contribution in [3.8, 4) is 0 Å². The highest BCUT2D eigenvalue weighted by molar-refractivity contribution is 7.12. The molecule has 8 heteroatoms. The third kappa shape index (κ3) is 5.05. The summed E-state index contributed by atoms with van der Waals surface area (Å²) < 4.78 is 5.29. The minimum Gasteiger partial charge on any atom is -0.452 e. The number of thiophene rings is 2. The predicted molar refractivity (Wildman–Crippen MR) is 106 cm³/mol. The Labute approximate surface area is 165 Å². The molecule has 0 radical (unpaired) electrons. The third-order valence-electron chi connectivity index (χ3n) is 4.41. The Hall–Kier alpha value is -2.45. The van der Waals surface area contributed by atoms with E-state index in [1.807, 2.05) is 35.0 Å². The van der Waals surface area contributed by atoms with Crippen molar-refractivity contribution in [2.75, 3.05) is 19.7 Å². The van der Waals surface area contributed by atoms with Crippen LogP contribution in [0.15, 0.2) is 35.0 Å². The number of piperidine rings is 1. The van der Waals surface area contributed by atoms with Gasteiger partial charge in [-0.05, 0) is 41.8 Å². The van der Waals surface area contributed by atoms with E-state index < -0.39 is 5.97 Å². The third-order valence-corrected chi connectivity index (χ3v) is 6.14. The molecular weight excluding hydrogens is 384 g/mol. The van der Waals surface area contributed by atoms with E-state index in [9.17, 15) is 14.4 Å². The van der Waals surface area contributed by atoms with Crippen molar-refractivity contribution in [2.24, 2.45) is 11.7 Å². The number of esters is 1. The van der Waals surface area contributed by atoms with Gasteiger partial charge in [0.15, 0.2) is 6.61 Å². The molecule has 0 aromatic carbocycles. The zero-order valence-electron chi connectivity index (χ0n) is 14.6. The van der Waals surface area contributed by atoms with Crippen LogP contribution in [0.25, 0.3) is 11.6 Å². The molecule has 0 unspecified atom stereocenters. The molecule has 0 spiro atoms. The van der Waals surface area contributed by atoms with Gasteiger partial charge in [0.2, 0.25) is 5.91 Å². The molecule has 2 N–H and O–H groups in total. The summed E-state index contributed by atoms with van der Waals surface area (Å²) in [5.41, 5.74) is 5.74. The van der Waals surface area contributed by atoms with Crippen LogP contribution >= 0.6 is 22.7 Å². The molecule has 3 heterocycles. The molecule has 1 fully saturated rings. The second-order valence-corrected chi connectivity index (χ2v) is 8.11.